The molecule has 0 spiro atoms. The number of carboxylic acid groups (broad SMARTS) is 1. The van der Waals surface area contributed by atoms with Crippen LogP contribution in [0.3, 0.4) is 0 Å². The minimum absolute atomic E-state index is 0.302. The molecule has 1 aromatic carbocycles. The summed E-state index contributed by atoms with van der Waals surface area (Å²) in [6.45, 7) is 1.37. The van der Waals surface area contributed by atoms with Crippen LogP contribution in [0.2, 0.25) is 0 Å². The minimum Gasteiger partial charge on any atom is -0.480 e. The van der Waals surface area contributed by atoms with Crippen molar-refractivity contribution in [2.45, 2.75) is 6.04 Å². The van der Waals surface area contributed by atoms with Crippen molar-refractivity contribution in [3.05, 3.63) is 34.4 Å². The third-order valence-corrected chi connectivity index (χ3v) is 6.11. The lowest BCUT2D eigenvalue weighted by Gasteiger charge is -2.36. The molecule has 0 radical (unpaired) electrons. The Morgan fingerprint density at radius 1 is 1.29 bits per heavy atom. The number of nitrogens with one attached hydrogen (secondary N) is 1. The average Bonchev–Trinajstić information content (AvgIpc) is 2.89. The van der Waals surface area contributed by atoms with Crippen molar-refractivity contribution in [1.29, 1.82) is 0 Å². The molecule has 2 heterocycles. The van der Waals surface area contributed by atoms with Gasteiger partial charge in [-0.05, 0) is 12.1 Å². The summed E-state index contributed by atoms with van der Waals surface area (Å²) in [4.78, 5) is 16.8. The fraction of sp³-hybridized carbons (Fsp3) is 0.400. The van der Waals surface area contributed by atoms with E-state index in [9.17, 15) is 18.3 Å². The molecule has 0 unspecified atom stereocenters. The van der Waals surface area contributed by atoms with Gasteiger partial charge in [-0.2, -0.15) is 4.31 Å². The second-order valence-corrected chi connectivity index (χ2v) is 8.77. The molecule has 1 fully saturated rings. The van der Waals surface area contributed by atoms with Crippen LogP contribution in [0.15, 0.2) is 28.9 Å². The standard InChI is InChI=1S/C15H18BrN3O4S/c1-24(22,23)19-6-4-18(5-7-19)14(15(20)21)12-9-17-13-8-10(16)2-3-11(12)13/h2-3,8-9,14,17H,4-7H2,1H3,(H,20,21)/t14-/m0/s1. The van der Waals surface area contributed by atoms with Gasteiger partial charge in [0, 0.05) is 53.3 Å². The summed E-state index contributed by atoms with van der Waals surface area (Å²) in [6.07, 6.45) is 2.90. The highest BCUT2D eigenvalue weighted by molar-refractivity contribution is 9.10. The Hall–Kier alpha value is -1.42. The number of fused-ring (bicyclic) bond motifs is 1. The summed E-state index contributed by atoms with van der Waals surface area (Å²) >= 11 is 3.40. The molecule has 7 nitrogen and oxygen atoms in total. The highest BCUT2D eigenvalue weighted by atomic mass is 79.9. The van der Waals surface area contributed by atoms with Crippen LogP contribution >= 0.6 is 15.9 Å². The molecule has 0 bridgehead atoms. The zero-order chi connectivity index (χ0) is 17.5. The van der Waals surface area contributed by atoms with E-state index in [0.717, 1.165) is 15.4 Å². The Kier molecular flexibility index (Phi) is 4.69. The maximum Gasteiger partial charge on any atom is 0.325 e. The third kappa shape index (κ3) is 3.34. The summed E-state index contributed by atoms with van der Waals surface area (Å²) < 4.78 is 25.5. The first kappa shape index (κ1) is 17.4. The zero-order valence-corrected chi connectivity index (χ0v) is 15.5. The summed E-state index contributed by atoms with van der Waals surface area (Å²) in [7, 11) is -3.24. The van der Waals surface area contributed by atoms with Crippen LogP contribution in [0, 0.1) is 0 Å². The second-order valence-electron chi connectivity index (χ2n) is 5.87. The molecule has 2 N–H and O–H groups in total. The molecular formula is C15H18BrN3O4S. The van der Waals surface area contributed by atoms with E-state index in [-0.39, 0.29) is 0 Å². The van der Waals surface area contributed by atoms with Gasteiger partial charge in [0.1, 0.15) is 6.04 Å². The van der Waals surface area contributed by atoms with E-state index in [1.165, 1.54) is 10.6 Å². The first-order valence-electron chi connectivity index (χ1n) is 7.46. The van der Waals surface area contributed by atoms with Crippen LogP contribution < -0.4 is 0 Å². The van der Waals surface area contributed by atoms with Gasteiger partial charge in [-0.25, -0.2) is 8.42 Å². The predicted molar refractivity (Wildman–Crippen MR) is 94.4 cm³/mol. The van der Waals surface area contributed by atoms with E-state index in [1.807, 2.05) is 23.1 Å². The number of halogens is 1. The summed E-state index contributed by atoms with van der Waals surface area (Å²) in [6, 6.07) is 4.86. The molecule has 130 valence electrons. The largest absolute Gasteiger partial charge is 0.480 e. The molecule has 9 heteroatoms. The molecule has 1 saturated heterocycles. The number of carbonyl (C=O) groups is 1. The van der Waals surface area contributed by atoms with Gasteiger partial charge in [0.25, 0.3) is 0 Å². The number of H-pyrrole nitrogens is 1. The quantitative estimate of drug-likeness (QED) is 0.791. The molecule has 1 aliphatic heterocycles. The van der Waals surface area contributed by atoms with Gasteiger partial charge in [-0.3, -0.25) is 9.69 Å². The molecule has 1 atom stereocenters. The van der Waals surface area contributed by atoms with E-state index in [2.05, 4.69) is 20.9 Å². The number of rotatable bonds is 4. The zero-order valence-electron chi connectivity index (χ0n) is 13.1. The van der Waals surface area contributed by atoms with Crippen molar-refractivity contribution in [2.24, 2.45) is 0 Å². The fourth-order valence-corrected chi connectivity index (χ4v) is 4.31. The van der Waals surface area contributed by atoms with Crippen LogP contribution in [0.1, 0.15) is 11.6 Å². The van der Waals surface area contributed by atoms with E-state index >= 15 is 0 Å². The van der Waals surface area contributed by atoms with E-state index in [4.69, 9.17) is 0 Å². The molecule has 1 aromatic heterocycles. The predicted octanol–water partition coefficient (Wildman–Crippen LogP) is 1.63. The van der Waals surface area contributed by atoms with Gasteiger partial charge in [-0.1, -0.05) is 22.0 Å². The molecule has 0 aliphatic carbocycles. The lowest BCUT2D eigenvalue weighted by Crippen LogP contribution is -2.50. The first-order valence-corrected chi connectivity index (χ1v) is 10.1. The van der Waals surface area contributed by atoms with Gasteiger partial charge in [0.15, 0.2) is 0 Å². The monoisotopic (exact) mass is 415 g/mol. The molecule has 2 aromatic rings. The van der Waals surface area contributed by atoms with Crippen LogP contribution in [-0.4, -0.2) is 66.1 Å². The Labute approximate surface area is 148 Å². The highest BCUT2D eigenvalue weighted by Gasteiger charge is 2.33. The number of aromatic nitrogens is 1. The summed E-state index contributed by atoms with van der Waals surface area (Å²) in [5.41, 5.74) is 1.55. The lowest BCUT2D eigenvalue weighted by atomic mass is 10.0. The van der Waals surface area contributed by atoms with Crippen molar-refractivity contribution in [3.8, 4) is 0 Å². The smallest absolute Gasteiger partial charge is 0.325 e. The molecule has 1 aliphatic rings. The van der Waals surface area contributed by atoms with Gasteiger partial charge in [-0.15, -0.1) is 0 Å². The van der Waals surface area contributed by atoms with E-state index in [0.29, 0.717) is 31.7 Å². The van der Waals surface area contributed by atoms with Crippen molar-refractivity contribution >= 4 is 42.8 Å². The average molecular weight is 416 g/mol. The maximum atomic E-state index is 11.9. The van der Waals surface area contributed by atoms with Gasteiger partial charge in [0.05, 0.1) is 6.26 Å². The minimum atomic E-state index is -3.24. The Morgan fingerprint density at radius 2 is 1.96 bits per heavy atom. The van der Waals surface area contributed by atoms with Gasteiger partial charge < -0.3 is 10.1 Å². The number of hydrogen-bond donors (Lipinski definition) is 2. The maximum absolute atomic E-state index is 11.9. The topological polar surface area (TPSA) is 93.7 Å². The molecule has 3 rings (SSSR count). The lowest BCUT2D eigenvalue weighted by molar-refractivity contribution is -0.144. The Morgan fingerprint density at radius 3 is 2.54 bits per heavy atom. The van der Waals surface area contributed by atoms with E-state index < -0.39 is 22.0 Å². The molecule has 0 amide bonds. The van der Waals surface area contributed by atoms with Gasteiger partial charge in [0.2, 0.25) is 10.0 Å². The number of nitrogens with zero attached hydrogens (tertiary/aromatic N) is 2. The SMILES string of the molecule is CS(=O)(=O)N1CCN([C@H](C(=O)O)c2c[nH]c3cc(Br)ccc23)CC1. The van der Waals surface area contributed by atoms with Crippen molar-refractivity contribution in [3.63, 3.8) is 0 Å². The van der Waals surface area contributed by atoms with Crippen LogP contribution in [-0.2, 0) is 14.8 Å². The summed E-state index contributed by atoms with van der Waals surface area (Å²) in [5, 5.41) is 10.6. The fourth-order valence-electron chi connectivity index (χ4n) is 3.13. The summed E-state index contributed by atoms with van der Waals surface area (Å²) in [5.74, 6) is -0.938. The normalized spacial score (nSPS) is 18.8. The van der Waals surface area contributed by atoms with Crippen LogP contribution in [0.5, 0.6) is 0 Å². The number of hydrogen-bond acceptors (Lipinski definition) is 4. The third-order valence-electron chi connectivity index (χ3n) is 4.31. The van der Waals surface area contributed by atoms with Crippen LogP contribution in [0.25, 0.3) is 10.9 Å². The number of benzene rings is 1. The first-order chi connectivity index (χ1) is 11.3. The highest BCUT2D eigenvalue weighted by Crippen LogP contribution is 2.31. The molecule has 24 heavy (non-hydrogen) atoms. The van der Waals surface area contributed by atoms with Crippen molar-refractivity contribution < 1.29 is 18.3 Å². The number of aromatic amines is 1. The number of sulfonamides is 1. The van der Waals surface area contributed by atoms with Crippen molar-refractivity contribution in [1.82, 2.24) is 14.2 Å². The Bertz CT molecular complexity index is 872. The van der Waals surface area contributed by atoms with Crippen molar-refractivity contribution in [2.75, 3.05) is 32.4 Å². The van der Waals surface area contributed by atoms with E-state index in [1.54, 1.807) is 6.20 Å². The van der Waals surface area contributed by atoms with Crippen LogP contribution in [0.4, 0.5) is 0 Å². The number of carboxylic acids is 1. The molecular weight excluding hydrogens is 398 g/mol. The number of aliphatic carboxylic acids is 1. The second kappa shape index (κ2) is 6.47. The molecule has 0 saturated carbocycles. The number of piperazine rings is 1. The Balaban J connectivity index is 1.89. The van der Waals surface area contributed by atoms with Gasteiger partial charge >= 0.3 is 5.97 Å².